The molecule has 100 valence electrons. The monoisotopic (exact) mass is 264 g/mol. The summed E-state index contributed by atoms with van der Waals surface area (Å²) in [6.07, 6.45) is 1.03. The predicted molar refractivity (Wildman–Crippen MR) is 79.3 cm³/mol. The Hall–Kier alpha value is -2.42. The van der Waals surface area contributed by atoms with E-state index in [1.807, 2.05) is 36.4 Å². The number of hydrogen-bond donors (Lipinski definition) is 0. The topological polar surface area (TPSA) is 38.9 Å². The molecule has 2 aromatic carbocycles. The summed E-state index contributed by atoms with van der Waals surface area (Å²) in [6.45, 7) is 4.19. The number of aryl methyl sites for hydroxylation is 2. The zero-order valence-corrected chi connectivity index (χ0v) is 11.6. The number of rotatable bonds is 3. The van der Waals surface area contributed by atoms with Crippen LogP contribution in [-0.2, 0) is 6.42 Å². The summed E-state index contributed by atoms with van der Waals surface area (Å²) >= 11 is 0. The summed E-state index contributed by atoms with van der Waals surface area (Å²) in [5.41, 5.74) is 4.43. The Morgan fingerprint density at radius 3 is 2.20 bits per heavy atom. The quantitative estimate of drug-likeness (QED) is 0.709. The fourth-order valence-electron chi connectivity index (χ4n) is 2.04. The van der Waals surface area contributed by atoms with Crippen LogP contribution in [0.4, 0.5) is 0 Å². The van der Waals surface area contributed by atoms with E-state index in [-0.39, 0.29) is 0 Å². The van der Waals surface area contributed by atoms with E-state index in [9.17, 15) is 0 Å². The molecule has 20 heavy (non-hydrogen) atoms. The van der Waals surface area contributed by atoms with Crippen LogP contribution in [0, 0.1) is 6.92 Å². The summed E-state index contributed by atoms with van der Waals surface area (Å²) in [4.78, 5) is 4.46. The molecular formula is C17H16N2O. The largest absolute Gasteiger partial charge is 0.334 e. The Morgan fingerprint density at radius 2 is 1.55 bits per heavy atom. The molecule has 3 heteroatoms. The van der Waals surface area contributed by atoms with E-state index in [4.69, 9.17) is 4.52 Å². The first-order valence-corrected chi connectivity index (χ1v) is 6.76. The maximum Gasteiger partial charge on any atom is 0.258 e. The Kier molecular flexibility index (Phi) is 3.33. The standard InChI is InChI=1S/C17H16N2O/c1-3-13-6-10-15(11-7-13)17-18-16(19-20-17)14-8-4-12(2)5-9-14/h4-11H,3H2,1-2H3. The SMILES string of the molecule is CCc1ccc(-c2nc(-c3ccc(C)cc3)no2)cc1. The Morgan fingerprint density at radius 1 is 0.900 bits per heavy atom. The molecule has 0 aliphatic rings. The highest BCUT2D eigenvalue weighted by Gasteiger charge is 2.10. The lowest BCUT2D eigenvalue weighted by molar-refractivity contribution is 0.432. The highest BCUT2D eigenvalue weighted by atomic mass is 16.5. The zero-order chi connectivity index (χ0) is 13.9. The third-order valence-electron chi connectivity index (χ3n) is 3.34. The van der Waals surface area contributed by atoms with Crippen molar-refractivity contribution in [1.29, 1.82) is 0 Å². The molecule has 0 aliphatic heterocycles. The molecule has 0 fully saturated rings. The molecule has 0 atom stereocenters. The van der Waals surface area contributed by atoms with Gasteiger partial charge in [0.2, 0.25) is 5.82 Å². The van der Waals surface area contributed by atoms with E-state index in [2.05, 4.69) is 36.1 Å². The lowest BCUT2D eigenvalue weighted by Crippen LogP contribution is -1.83. The van der Waals surface area contributed by atoms with Crippen molar-refractivity contribution in [2.45, 2.75) is 20.3 Å². The van der Waals surface area contributed by atoms with E-state index in [1.165, 1.54) is 11.1 Å². The fraction of sp³-hybridized carbons (Fsp3) is 0.176. The van der Waals surface area contributed by atoms with Gasteiger partial charge in [0.1, 0.15) is 0 Å². The van der Waals surface area contributed by atoms with Crippen LogP contribution in [-0.4, -0.2) is 10.1 Å². The molecule has 0 saturated carbocycles. The predicted octanol–water partition coefficient (Wildman–Crippen LogP) is 4.27. The molecule has 1 aromatic heterocycles. The summed E-state index contributed by atoms with van der Waals surface area (Å²) in [6, 6.07) is 16.3. The molecule has 3 nitrogen and oxygen atoms in total. The summed E-state index contributed by atoms with van der Waals surface area (Å²) in [7, 11) is 0. The second-order valence-electron chi connectivity index (χ2n) is 4.84. The van der Waals surface area contributed by atoms with Crippen molar-refractivity contribution < 1.29 is 4.52 Å². The summed E-state index contributed by atoms with van der Waals surface area (Å²) < 4.78 is 5.35. The van der Waals surface area contributed by atoms with Crippen molar-refractivity contribution in [1.82, 2.24) is 10.1 Å². The van der Waals surface area contributed by atoms with Gasteiger partial charge in [0, 0.05) is 11.1 Å². The van der Waals surface area contributed by atoms with Crippen molar-refractivity contribution >= 4 is 0 Å². The molecule has 0 unspecified atom stereocenters. The average Bonchev–Trinajstić information content (AvgIpc) is 2.98. The number of benzene rings is 2. The van der Waals surface area contributed by atoms with Gasteiger partial charge in [-0.25, -0.2) is 0 Å². The number of nitrogens with zero attached hydrogens (tertiary/aromatic N) is 2. The number of aromatic nitrogens is 2. The minimum atomic E-state index is 0.559. The van der Waals surface area contributed by atoms with E-state index in [0.717, 1.165) is 17.5 Å². The normalized spacial score (nSPS) is 10.7. The smallest absolute Gasteiger partial charge is 0.258 e. The second-order valence-corrected chi connectivity index (χ2v) is 4.84. The second kappa shape index (κ2) is 5.29. The van der Waals surface area contributed by atoms with Crippen LogP contribution >= 0.6 is 0 Å². The van der Waals surface area contributed by atoms with Gasteiger partial charge in [0.25, 0.3) is 5.89 Å². The van der Waals surface area contributed by atoms with Gasteiger partial charge < -0.3 is 4.52 Å². The van der Waals surface area contributed by atoms with E-state index in [0.29, 0.717) is 11.7 Å². The molecule has 1 heterocycles. The molecule has 0 radical (unpaired) electrons. The van der Waals surface area contributed by atoms with Crippen LogP contribution in [0.2, 0.25) is 0 Å². The van der Waals surface area contributed by atoms with Gasteiger partial charge in [-0.15, -0.1) is 0 Å². The van der Waals surface area contributed by atoms with Gasteiger partial charge in [-0.3, -0.25) is 0 Å². The highest BCUT2D eigenvalue weighted by molar-refractivity contribution is 5.60. The van der Waals surface area contributed by atoms with Crippen LogP contribution in [0.25, 0.3) is 22.8 Å². The maximum absolute atomic E-state index is 5.35. The van der Waals surface area contributed by atoms with Crippen LogP contribution in [0.5, 0.6) is 0 Å². The van der Waals surface area contributed by atoms with Gasteiger partial charge in [0.15, 0.2) is 0 Å². The molecule has 0 N–H and O–H groups in total. The lowest BCUT2D eigenvalue weighted by Gasteiger charge is -1.97. The molecule has 0 bridgehead atoms. The summed E-state index contributed by atoms with van der Waals surface area (Å²) in [5.74, 6) is 1.18. The van der Waals surface area contributed by atoms with Gasteiger partial charge in [-0.2, -0.15) is 4.98 Å². The van der Waals surface area contributed by atoms with Crippen LogP contribution in [0.1, 0.15) is 18.1 Å². The van der Waals surface area contributed by atoms with Gasteiger partial charge >= 0.3 is 0 Å². The summed E-state index contributed by atoms with van der Waals surface area (Å²) in [5, 5.41) is 4.05. The minimum absolute atomic E-state index is 0.559. The Balaban J connectivity index is 1.91. The van der Waals surface area contributed by atoms with Crippen LogP contribution in [0.15, 0.2) is 53.1 Å². The lowest BCUT2D eigenvalue weighted by atomic mass is 10.1. The van der Waals surface area contributed by atoms with Crippen LogP contribution < -0.4 is 0 Å². The van der Waals surface area contributed by atoms with Crippen molar-refractivity contribution in [2.75, 3.05) is 0 Å². The van der Waals surface area contributed by atoms with E-state index >= 15 is 0 Å². The van der Waals surface area contributed by atoms with E-state index in [1.54, 1.807) is 0 Å². The van der Waals surface area contributed by atoms with Gasteiger partial charge in [-0.05, 0) is 31.0 Å². The molecule has 0 aliphatic carbocycles. The van der Waals surface area contributed by atoms with Crippen molar-refractivity contribution in [2.24, 2.45) is 0 Å². The molecule has 0 amide bonds. The zero-order valence-electron chi connectivity index (χ0n) is 11.6. The van der Waals surface area contributed by atoms with E-state index < -0.39 is 0 Å². The molecule has 0 spiro atoms. The van der Waals surface area contributed by atoms with Crippen LogP contribution in [0.3, 0.4) is 0 Å². The first-order valence-electron chi connectivity index (χ1n) is 6.76. The molecule has 3 rings (SSSR count). The minimum Gasteiger partial charge on any atom is -0.334 e. The molecule has 0 saturated heterocycles. The van der Waals surface area contributed by atoms with Crippen molar-refractivity contribution in [3.05, 3.63) is 59.7 Å². The van der Waals surface area contributed by atoms with Crippen molar-refractivity contribution in [3.8, 4) is 22.8 Å². The molecular weight excluding hydrogens is 248 g/mol. The molecule has 3 aromatic rings. The third-order valence-corrected chi connectivity index (χ3v) is 3.34. The Bertz CT molecular complexity index is 697. The van der Waals surface area contributed by atoms with Crippen molar-refractivity contribution in [3.63, 3.8) is 0 Å². The first-order chi connectivity index (χ1) is 9.76. The fourth-order valence-corrected chi connectivity index (χ4v) is 2.04. The highest BCUT2D eigenvalue weighted by Crippen LogP contribution is 2.22. The number of hydrogen-bond acceptors (Lipinski definition) is 3. The maximum atomic E-state index is 5.35. The first kappa shape index (κ1) is 12.6. The van der Waals surface area contributed by atoms with Gasteiger partial charge in [-0.1, -0.05) is 54.0 Å². The third kappa shape index (κ3) is 2.48. The Labute approximate surface area is 118 Å². The average molecular weight is 264 g/mol. The van der Waals surface area contributed by atoms with Gasteiger partial charge in [0.05, 0.1) is 0 Å².